The van der Waals surface area contributed by atoms with E-state index in [1.54, 1.807) is 48.9 Å². The van der Waals surface area contributed by atoms with Crippen LogP contribution in [-0.2, 0) is 0 Å². The Labute approximate surface area is 166 Å². The van der Waals surface area contributed by atoms with Gasteiger partial charge in [0.25, 0.3) is 5.91 Å². The number of nitrogens with two attached hydrogens (primary N) is 1. The Morgan fingerprint density at radius 3 is 2.55 bits per heavy atom. The molecule has 142 valence electrons. The Morgan fingerprint density at radius 1 is 0.897 bits per heavy atom. The maximum atomic E-state index is 12.3. The van der Waals surface area contributed by atoms with Crippen LogP contribution in [0.4, 0.5) is 23.1 Å². The second kappa shape index (κ2) is 8.09. The minimum atomic E-state index is -0.406. The van der Waals surface area contributed by atoms with Crippen molar-refractivity contribution in [1.29, 1.82) is 0 Å². The summed E-state index contributed by atoms with van der Waals surface area (Å²) in [6, 6.07) is 12.5. The van der Waals surface area contributed by atoms with E-state index in [4.69, 9.17) is 5.73 Å². The zero-order valence-electron chi connectivity index (χ0n) is 15.1. The Balaban J connectivity index is 1.46. The Bertz CT molecular complexity index is 1130. The standard InChI is InChI=1S/C20H16N8O/c21-14-5-1-2-6-16(14)26-19(29)17-11-25-18(12-24-17)28-20-23-9-7-15(27-20)13-4-3-8-22-10-13/h1-12H,21H2,(H,26,29)(H,23,25,27,28). The van der Waals surface area contributed by atoms with Crippen LogP contribution in [0.5, 0.6) is 0 Å². The van der Waals surface area contributed by atoms with Crippen molar-refractivity contribution in [1.82, 2.24) is 24.9 Å². The molecule has 0 unspecified atom stereocenters. The van der Waals surface area contributed by atoms with Gasteiger partial charge in [-0.3, -0.25) is 9.78 Å². The topological polar surface area (TPSA) is 132 Å². The highest BCUT2D eigenvalue weighted by Gasteiger charge is 2.10. The number of nitrogens with zero attached hydrogens (tertiary/aromatic N) is 5. The Kier molecular flexibility index (Phi) is 5.02. The smallest absolute Gasteiger partial charge is 0.275 e. The number of nitrogens with one attached hydrogen (secondary N) is 2. The van der Waals surface area contributed by atoms with E-state index in [0.717, 1.165) is 11.3 Å². The van der Waals surface area contributed by atoms with E-state index in [2.05, 4.69) is 35.6 Å². The van der Waals surface area contributed by atoms with Crippen molar-refractivity contribution in [3.63, 3.8) is 0 Å². The number of amides is 1. The van der Waals surface area contributed by atoms with Crippen molar-refractivity contribution in [2.45, 2.75) is 0 Å². The van der Waals surface area contributed by atoms with Crippen molar-refractivity contribution < 1.29 is 4.79 Å². The average Bonchev–Trinajstić information content (AvgIpc) is 2.77. The third-order valence-electron chi connectivity index (χ3n) is 3.95. The summed E-state index contributed by atoms with van der Waals surface area (Å²) in [5, 5.41) is 5.67. The molecule has 4 rings (SSSR count). The van der Waals surface area contributed by atoms with E-state index in [1.165, 1.54) is 12.4 Å². The molecule has 4 N–H and O–H groups in total. The van der Waals surface area contributed by atoms with Crippen molar-refractivity contribution in [2.24, 2.45) is 0 Å². The maximum absolute atomic E-state index is 12.3. The monoisotopic (exact) mass is 384 g/mol. The maximum Gasteiger partial charge on any atom is 0.275 e. The third kappa shape index (κ3) is 4.30. The van der Waals surface area contributed by atoms with Gasteiger partial charge in [-0.1, -0.05) is 12.1 Å². The molecule has 0 aliphatic heterocycles. The summed E-state index contributed by atoms with van der Waals surface area (Å²) in [5.74, 6) is 0.357. The molecular formula is C20H16N8O. The first-order valence-electron chi connectivity index (χ1n) is 8.67. The number of rotatable bonds is 5. The van der Waals surface area contributed by atoms with Gasteiger partial charge >= 0.3 is 0 Å². The summed E-state index contributed by atoms with van der Waals surface area (Å²) in [7, 11) is 0. The number of pyridine rings is 1. The first kappa shape index (κ1) is 18.0. The fraction of sp³-hybridized carbons (Fsp3) is 0. The molecule has 0 spiro atoms. The molecule has 0 fully saturated rings. The molecule has 9 heteroatoms. The molecular weight excluding hydrogens is 368 g/mol. The average molecular weight is 384 g/mol. The van der Waals surface area contributed by atoms with Crippen LogP contribution in [0.2, 0.25) is 0 Å². The van der Waals surface area contributed by atoms with Gasteiger partial charge in [0.05, 0.1) is 29.5 Å². The van der Waals surface area contributed by atoms with Gasteiger partial charge in [0, 0.05) is 24.2 Å². The van der Waals surface area contributed by atoms with Crippen molar-refractivity contribution in [3.8, 4) is 11.3 Å². The van der Waals surface area contributed by atoms with E-state index >= 15 is 0 Å². The number of hydrogen-bond acceptors (Lipinski definition) is 8. The van der Waals surface area contributed by atoms with Crippen molar-refractivity contribution in [3.05, 3.63) is 79.1 Å². The zero-order chi connectivity index (χ0) is 20.1. The van der Waals surface area contributed by atoms with Gasteiger partial charge < -0.3 is 16.4 Å². The number of para-hydroxylation sites is 2. The molecule has 29 heavy (non-hydrogen) atoms. The summed E-state index contributed by atoms with van der Waals surface area (Å²) in [4.78, 5) is 33.4. The van der Waals surface area contributed by atoms with Gasteiger partial charge in [0.1, 0.15) is 5.69 Å². The molecule has 0 radical (unpaired) electrons. The highest BCUT2D eigenvalue weighted by Crippen LogP contribution is 2.19. The second-order valence-corrected chi connectivity index (χ2v) is 5.96. The van der Waals surface area contributed by atoms with Crippen LogP contribution in [0, 0.1) is 0 Å². The highest BCUT2D eigenvalue weighted by atomic mass is 16.1. The number of hydrogen-bond donors (Lipinski definition) is 3. The van der Waals surface area contributed by atoms with Crippen LogP contribution in [0.25, 0.3) is 11.3 Å². The van der Waals surface area contributed by atoms with Gasteiger partial charge in [-0.15, -0.1) is 0 Å². The van der Waals surface area contributed by atoms with Crippen LogP contribution in [0.1, 0.15) is 10.5 Å². The Morgan fingerprint density at radius 2 is 1.79 bits per heavy atom. The Hall–Kier alpha value is -4.40. The predicted octanol–water partition coefficient (Wildman–Crippen LogP) is 2.91. The fourth-order valence-corrected chi connectivity index (χ4v) is 2.52. The molecule has 4 aromatic rings. The van der Waals surface area contributed by atoms with Crippen LogP contribution in [0.3, 0.4) is 0 Å². The lowest BCUT2D eigenvalue weighted by Crippen LogP contribution is -2.15. The van der Waals surface area contributed by atoms with Crippen molar-refractivity contribution in [2.75, 3.05) is 16.4 Å². The lowest BCUT2D eigenvalue weighted by molar-refractivity contribution is 0.102. The van der Waals surface area contributed by atoms with Gasteiger partial charge in [-0.05, 0) is 30.3 Å². The minimum Gasteiger partial charge on any atom is -0.397 e. The number of anilines is 4. The first-order chi connectivity index (χ1) is 14.2. The van der Waals surface area contributed by atoms with Gasteiger partial charge in [0.2, 0.25) is 5.95 Å². The predicted molar refractivity (Wildman–Crippen MR) is 109 cm³/mol. The van der Waals surface area contributed by atoms with E-state index in [0.29, 0.717) is 23.1 Å². The summed E-state index contributed by atoms with van der Waals surface area (Å²) >= 11 is 0. The third-order valence-corrected chi connectivity index (χ3v) is 3.95. The highest BCUT2D eigenvalue weighted by molar-refractivity contribution is 6.04. The molecule has 0 aliphatic rings. The quantitative estimate of drug-likeness (QED) is 0.448. The van der Waals surface area contributed by atoms with Gasteiger partial charge in [-0.2, -0.15) is 0 Å². The second-order valence-electron chi connectivity index (χ2n) is 5.96. The lowest BCUT2D eigenvalue weighted by atomic mass is 10.2. The van der Waals surface area contributed by atoms with Crippen LogP contribution < -0.4 is 16.4 Å². The number of benzene rings is 1. The number of carbonyl (C=O) groups excluding carboxylic acids is 1. The number of nitrogen functional groups attached to an aromatic ring is 1. The summed E-state index contributed by atoms with van der Waals surface area (Å²) in [6.45, 7) is 0. The van der Waals surface area contributed by atoms with Gasteiger partial charge in [0.15, 0.2) is 5.82 Å². The van der Waals surface area contributed by atoms with E-state index in [-0.39, 0.29) is 5.69 Å². The number of carbonyl (C=O) groups is 1. The fourth-order valence-electron chi connectivity index (χ4n) is 2.52. The molecule has 0 aliphatic carbocycles. The van der Waals surface area contributed by atoms with Crippen molar-refractivity contribution >= 4 is 29.0 Å². The first-order valence-corrected chi connectivity index (χ1v) is 8.67. The zero-order valence-corrected chi connectivity index (χ0v) is 15.1. The molecule has 1 amide bonds. The minimum absolute atomic E-state index is 0.156. The van der Waals surface area contributed by atoms with E-state index < -0.39 is 5.91 Å². The SMILES string of the molecule is Nc1ccccc1NC(=O)c1cnc(Nc2nccc(-c3cccnc3)n2)cn1. The normalized spacial score (nSPS) is 10.3. The van der Waals surface area contributed by atoms with Crippen LogP contribution in [-0.4, -0.2) is 30.8 Å². The summed E-state index contributed by atoms with van der Waals surface area (Å²) in [5.41, 5.74) is 8.57. The van der Waals surface area contributed by atoms with Gasteiger partial charge in [-0.25, -0.2) is 19.9 Å². The lowest BCUT2D eigenvalue weighted by Gasteiger charge is -2.08. The molecule has 1 aromatic carbocycles. The molecule has 0 saturated carbocycles. The van der Waals surface area contributed by atoms with Crippen LogP contribution >= 0.6 is 0 Å². The van der Waals surface area contributed by atoms with Crippen LogP contribution in [0.15, 0.2) is 73.4 Å². The van der Waals surface area contributed by atoms with E-state index in [9.17, 15) is 4.79 Å². The molecule has 0 saturated heterocycles. The molecule has 3 heterocycles. The molecule has 0 atom stereocenters. The molecule has 0 bridgehead atoms. The number of aromatic nitrogens is 5. The molecule has 3 aromatic heterocycles. The largest absolute Gasteiger partial charge is 0.397 e. The molecule has 9 nitrogen and oxygen atoms in total. The van der Waals surface area contributed by atoms with E-state index in [1.807, 2.05) is 12.1 Å². The summed E-state index contributed by atoms with van der Waals surface area (Å²) < 4.78 is 0. The summed E-state index contributed by atoms with van der Waals surface area (Å²) in [6.07, 6.45) is 7.85.